The van der Waals surface area contributed by atoms with Gasteiger partial charge in [0, 0.05) is 16.0 Å². The van der Waals surface area contributed by atoms with Gasteiger partial charge in [-0.2, -0.15) is 4.68 Å². The minimum absolute atomic E-state index is 0.169. The molecule has 29 heavy (non-hydrogen) atoms. The summed E-state index contributed by atoms with van der Waals surface area (Å²) in [6.07, 6.45) is 0. The summed E-state index contributed by atoms with van der Waals surface area (Å²) < 4.78 is 1.61. The smallest absolute Gasteiger partial charge is 0.236 e. The summed E-state index contributed by atoms with van der Waals surface area (Å²) in [5.74, 6) is -0.00675. The highest BCUT2D eigenvalue weighted by atomic mass is 35.5. The van der Waals surface area contributed by atoms with Crippen LogP contribution < -0.4 is 5.32 Å². The summed E-state index contributed by atoms with van der Waals surface area (Å²) in [6, 6.07) is 15.2. The second kappa shape index (κ2) is 8.73. The Morgan fingerprint density at radius 3 is 2.69 bits per heavy atom. The van der Waals surface area contributed by atoms with Gasteiger partial charge in [0.2, 0.25) is 11.1 Å². The largest absolute Gasteiger partial charge is 0.301 e. The number of anilines is 1. The number of hydrogen-bond acceptors (Lipinski definition) is 7. The maximum Gasteiger partial charge on any atom is 0.236 e. The van der Waals surface area contributed by atoms with Gasteiger partial charge >= 0.3 is 0 Å². The van der Waals surface area contributed by atoms with Gasteiger partial charge in [-0.05, 0) is 41.6 Å². The lowest BCUT2D eigenvalue weighted by molar-refractivity contribution is -0.113. The zero-order valence-corrected chi connectivity index (χ0v) is 17.6. The van der Waals surface area contributed by atoms with E-state index in [1.165, 1.54) is 23.1 Å². The second-order valence-corrected chi connectivity index (χ2v) is 8.33. The van der Waals surface area contributed by atoms with Gasteiger partial charge in [-0.1, -0.05) is 53.2 Å². The molecule has 0 bridgehead atoms. The summed E-state index contributed by atoms with van der Waals surface area (Å²) in [7, 11) is 0. The van der Waals surface area contributed by atoms with E-state index in [2.05, 4.69) is 25.8 Å². The molecule has 4 aromatic rings. The third-order valence-corrected chi connectivity index (χ3v) is 5.87. The highest BCUT2D eigenvalue weighted by Crippen LogP contribution is 2.26. The van der Waals surface area contributed by atoms with Crippen molar-refractivity contribution in [2.45, 2.75) is 12.1 Å². The number of carbonyl (C=O) groups is 1. The van der Waals surface area contributed by atoms with Crippen molar-refractivity contribution in [3.63, 3.8) is 0 Å². The summed E-state index contributed by atoms with van der Waals surface area (Å²) in [5, 5.41) is 18.2. The monoisotopic (exact) mass is 442 g/mol. The van der Waals surface area contributed by atoms with Gasteiger partial charge in [0.05, 0.1) is 17.1 Å². The summed E-state index contributed by atoms with van der Waals surface area (Å²) >= 11 is 8.55. The average molecular weight is 443 g/mol. The first-order chi connectivity index (χ1) is 14.1. The van der Waals surface area contributed by atoms with Crippen LogP contribution in [0.2, 0.25) is 5.02 Å². The normalized spacial score (nSPS) is 10.8. The van der Waals surface area contributed by atoms with E-state index in [9.17, 15) is 4.79 Å². The Morgan fingerprint density at radius 2 is 1.93 bits per heavy atom. The average Bonchev–Trinajstić information content (AvgIpc) is 3.37. The molecule has 1 amide bonds. The maximum atomic E-state index is 12.3. The number of nitrogens with zero attached hydrogens (tertiary/aromatic N) is 5. The fourth-order valence-electron chi connectivity index (χ4n) is 2.49. The molecule has 0 radical (unpaired) electrons. The zero-order valence-electron chi connectivity index (χ0n) is 15.2. The lowest BCUT2D eigenvalue weighted by atomic mass is 10.2. The van der Waals surface area contributed by atoms with E-state index in [1.54, 1.807) is 4.68 Å². The van der Waals surface area contributed by atoms with Crippen molar-refractivity contribution in [1.82, 2.24) is 25.2 Å². The SMILES string of the molecule is Cc1ccc(-n2nnnc2SCC(=O)Nc2nc(-c3ccc(Cl)cc3)cs2)cc1. The van der Waals surface area contributed by atoms with E-state index in [1.807, 2.05) is 60.8 Å². The fourth-order valence-corrected chi connectivity index (χ4v) is 4.04. The number of benzene rings is 2. The molecule has 0 aliphatic heterocycles. The molecule has 1 N–H and O–H groups in total. The third kappa shape index (κ3) is 4.81. The minimum atomic E-state index is -0.175. The number of nitrogens with one attached hydrogen (secondary N) is 1. The van der Waals surface area contributed by atoms with Crippen LogP contribution in [-0.2, 0) is 4.79 Å². The predicted octanol–water partition coefficient (Wildman–Crippen LogP) is 4.48. The van der Waals surface area contributed by atoms with Gasteiger partial charge in [-0.3, -0.25) is 4.79 Å². The molecule has 0 aliphatic carbocycles. The van der Waals surface area contributed by atoms with E-state index in [0.717, 1.165) is 22.5 Å². The number of halogens is 1. The van der Waals surface area contributed by atoms with E-state index in [0.29, 0.717) is 15.3 Å². The van der Waals surface area contributed by atoms with Crippen molar-refractivity contribution in [3.8, 4) is 16.9 Å². The van der Waals surface area contributed by atoms with Gasteiger partial charge in [0.1, 0.15) is 0 Å². The van der Waals surface area contributed by atoms with Crippen LogP contribution in [0.3, 0.4) is 0 Å². The second-order valence-electron chi connectivity index (χ2n) is 6.09. The molecule has 4 rings (SSSR count). The van der Waals surface area contributed by atoms with E-state index in [-0.39, 0.29) is 11.7 Å². The highest BCUT2D eigenvalue weighted by Gasteiger charge is 2.13. The molecule has 0 spiro atoms. The van der Waals surface area contributed by atoms with Crippen molar-refractivity contribution >= 4 is 45.7 Å². The topological polar surface area (TPSA) is 85.6 Å². The Kier molecular flexibility index (Phi) is 5.89. The molecule has 10 heteroatoms. The van der Waals surface area contributed by atoms with E-state index < -0.39 is 0 Å². The number of hydrogen-bond donors (Lipinski definition) is 1. The van der Waals surface area contributed by atoms with Gasteiger partial charge in [-0.25, -0.2) is 4.98 Å². The van der Waals surface area contributed by atoms with Gasteiger partial charge in [0.15, 0.2) is 5.13 Å². The van der Waals surface area contributed by atoms with Crippen molar-refractivity contribution in [2.24, 2.45) is 0 Å². The quantitative estimate of drug-likeness (QED) is 0.443. The van der Waals surface area contributed by atoms with Crippen LogP contribution in [-0.4, -0.2) is 36.9 Å². The van der Waals surface area contributed by atoms with Crippen molar-refractivity contribution in [3.05, 3.63) is 64.5 Å². The van der Waals surface area contributed by atoms with Crippen LogP contribution in [0, 0.1) is 6.92 Å². The lowest BCUT2D eigenvalue weighted by Gasteiger charge is -2.04. The first-order valence-electron chi connectivity index (χ1n) is 8.58. The number of aryl methyl sites for hydroxylation is 1. The predicted molar refractivity (Wildman–Crippen MR) is 116 cm³/mol. The molecular weight excluding hydrogens is 428 g/mol. The zero-order chi connectivity index (χ0) is 20.2. The molecule has 0 saturated heterocycles. The van der Waals surface area contributed by atoms with Crippen LogP contribution in [0.4, 0.5) is 5.13 Å². The minimum Gasteiger partial charge on any atom is -0.301 e. The standard InChI is InChI=1S/C19H15ClN6OS2/c1-12-2-8-15(9-3-12)26-19(23-24-25-26)29-11-17(27)22-18-21-16(10-28-18)13-4-6-14(20)7-5-13/h2-10H,11H2,1H3,(H,21,22,27). The Balaban J connectivity index is 1.37. The Labute approximate surface area is 180 Å². The number of tetrazole rings is 1. The Bertz CT molecular complexity index is 1120. The van der Waals surface area contributed by atoms with Crippen molar-refractivity contribution < 1.29 is 4.79 Å². The van der Waals surface area contributed by atoms with Crippen molar-refractivity contribution in [2.75, 3.05) is 11.1 Å². The molecule has 0 saturated carbocycles. The van der Waals surface area contributed by atoms with Gasteiger partial charge < -0.3 is 5.32 Å². The molecule has 0 fully saturated rings. The molecule has 2 aromatic carbocycles. The number of rotatable bonds is 6. The summed E-state index contributed by atoms with van der Waals surface area (Å²) in [6.45, 7) is 2.01. The van der Waals surface area contributed by atoms with E-state index >= 15 is 0 Å². The van der Waals surface area contributed by atoms with Gasteiger partial charge in [0.25, 0.3) is 0 Å². The van der Waals surface area contributed by atoms with Crippen LogP contribution in [0.15, 0.2) is 59.1 Å². The molecule has 7 nitrogen and oxygen atoms in total. The molecule has 0 aliphatic rings. The van der Waals surface area contributed by atoms with Crippen LogP contribution in [0.5, 0.6) is 0 Å². The summed E-state index contributed by atoms with van der Waals surface area (Å²) in [5.41, 5.74) is 3.73. The fraction of sp³-hybridized carbons (Fsp3) is 0.105. The highest BCUT2D eigenvalue weighted by molar-refractivity contribution is 7.99. The molecule has 2 aromatic heterocycles. The number of amides is 1. The van der Waals surface area contributed by atoms with Gasteiger partial charge in [-0.15, -0.1) is 16.4 Å². The summed E-state index contributed by atoms with van der Waals surface area (Å²) in [4.78, 5) is 16.8. The number of carbonyl (C=O) groups excluding carboxylic acids is 1. The number of thiazole rings is 1. The maximum absolute atomic E-state index is 12.3. The lowest BCUT2D eigenvalue weighted by Crippen LogP contribution is -2.14. The number of aromatic nitrogens is 5. The Hall–Kier alpha value is -2.75. The van der Waals surface area contributed by atoms with Crippen LogP contribution in [0.1, 0.15) is 5.56 Å². The van der Waals surface area contributed by atoms with Crippen LogP contribution in [0.25, 0.3) is 16.9 Å². The first kappa shape index (κ1) is 19.6. The van der Waals surface area contributed by atoms with E-state index in [4.69, 9.17) is 11.6 Å². The molecule has 2 heterocycles. The Morgan fingerprint density at radius 1 is 1.17 bits per heavy atom. The molecule has 0 unspecified atom stereocenters. The van der Waals surface area contributed by atoms with Crippen LogP contribution >= 0.6 is 34.7 Å². The molecule has 0 atom stereocenters. The molecular formula is C19H15ClN6OS2. The first-order valence-corrected chi connectivity index (χ1v) is 10.8. The number of thioether (sulfide) groups is 1. The molecule has 146 valence electrons. The van der Waals surface area contributed by atoms with Crippen molar-refractivity contribution in [1.29, 1.82) is 0 Å². The third-order valence-electron chi connectivity index (χ3n) is 3.94.